The van der Waals surface area contributed by atoms with E-state index in [1.165, 1.54) is 12.8 Å². The third kappa shape index (κ3) is 3.35. The van der Waals surface area contributed by atoms with E-state index < -0.39 is 0 Å². The Balaban J connectivity index is 1.64. The lowest BCUT2D eigenvalue weighted by atomic mass is 10.4. The summed E-state index contributed by atoms with van der Waals surface area (Å²) in [6.45, 7) is 2.45. The van der Waals surface area contributed by atoms with Crippen LogP contribution in [-0.4, -0.2) is 54.4 Å². The Morgan fingerprint density at radius 3 is 2.94 bits per heavy atom. The van der Waals surface area contributed by atoms with Crippen LogP contribution >= 0.6 is 0 Å². The second-order valence-electron chi connectivity index (χ2n) is 4.92. The zero-order valence-electron chi connectivity index (χ0n) is 10.6. The van der Waals surface area contributed by atoms with Crippen LogP contribution in [-0.2, 0) is 4.79 Å². The van der Waals surface area contributed by atoms with Gasteiger partial charge in [0.2, 0.25) is 5.91 Å². The summed E-state index contributed by atoms with van der Waals surface area (Å²) in [6, 6.07) is 0.610. The number of carbonyl (C=O) groups excluding carboxylic acids is 1. The molecule has 0 aromatic carbocycles. The summed E-state index contributed by atoms with van der Waals surface area (Å²) in [5.74, 6) is 0.928. The molecule has 5 nitrogen and oxygen atoms in total. The summed E-state index contributed by atoms with van der Waals surface area (Å²) in [7, 11) is 2.00. The zero-order chi connectivity index (χ0) is 12.3. The minimum atomic E-state index is 0.289. The SMILES string of the molecule is CN(C(N)=NCCCN1CCCC1=O)C1CC1. The number of hydrogen-bond acceptors (Lipinski definition) is 2. The third-order valence-corrected chi connectivity index (χ3v) is 3.49. The highest BCUT2D eigenvalue weighted by atomic mass is 16.2. The molecule has 1 aliphatic carbocycles. The summed E-state index contributed by atoms with van der Waals surface area (Å²) in [4.78, 5) is 19.7. The number of likely N-dealkylation sites (tertiary alicyclic amines) is 1. The summed E-state index contributed by atoms with van der Waals surface area (Å²) in [6.07, 6.45) is 5.10. The fraction of sp³-hybridized carbons (Fsp3) is 0.833. The lowest BCUT2D eigenvalue weighted by Crippen LogP contribution is -2.36. The molecule has 0 atom stereocenters. The molecule has 2 fully saturated rings. The fourth-order valence-corrected chi connectivity index (χ4v) is 2.16. The van der Waals surface area contributed by atoms with Crippen molar-refractivity contribution in [2.24, 2.45) is 10.7 Å². The maximum atomic E-state index is 11.4. The Hall–Kier alpha value is -1.26. The Morgan fingerprint density at radius 1 is 1.59 bits per heavy atom. The topological polar surface area (TPSA) is 61.9 Å². The first kappa shape index (κ1) is 12.2. The number of nitrogens with zero attached hydrogens (tertiary/aromatic N) is 3. The van der Waals surface area contributed by atoms with E-state index in [0.717, 1.165) is 32.4 Å². The number of aliphatic imine (C=N–C) groups is 1. The second kappa shape index (κ2) is 5.38. The lowest BCUT2D eigenvalue weighted by Gasteiger charge is -2.17. The molecule has 5 heteroatoms. The largest absolute Gasteiger partial charge is 0.370 e. The monoisotopic (exact) mass is 238 g/mol. The van der Waals surface area contributed by atoms with Crippen LogP contribution in [0.15, 0.2) is 4.99 Å². The predicted molar refractivity (Wildman–Crippen MR) is 67.7 cm³/mol. The molecule has 2 aliphatic rings. The van der Waals surface area contributed by atoms with E-state index in [1.807, 2.05) is 11.9 Å². The van der Waals surface area contributed by atoms with Crippen molar-refractivity contribution in [3.63, 3.8) is 0 Å². The lowest BCUT2D eigenvalue weighted by molar-refractivity contribution is -0.127. The molecule has 1 saturated carbocycles. The molecule has 1 aliphatic heterocycles. The van der Waals surface area contributed by atoms with Gasteiger partial charge < -0.3 is 15.5 Å². The zero-order valence-corrected chi connectivity index (χ0v) is 10.6. The molecule has 2 rings (SSSR count). The molecule has 1 heterocycles. The van der Waals surface area contributed by atoms with Gasteiger partial charge in [-0.05, 0) is 25.7 Å². The third-order valence-electron chi connectivity index (χ3n) is 3.49. The van der Waals surface area contributed by atoms with Gasteiger partial charge in [-0.15, -0.1) is 0 Å². The van der Waals surface area contributed by atoms with Crippen molar-refractivity contribution in [2.75, 3.05) is 26.7 Å². The van der Waals surface area contributed by atoms with Gasteiger partial charge in [-0.3, -0.25) is 9.79 Å². The summed E-state index contributed by atoms with van der Waals surface area (Å²) < 4.78 is 0. The molecule has 0 bridgehead atoms. The molecule has 0 spiro atoms. The minimum absolute atomic E-state index is 0.289. The Kier molecular flexibility index (Phi) is 3.86. The van der Waals surface area contributed by atoms with E-state index in [-0.39, 0.29) is 5.91 Å². The maximum Gasteiger partial charge on any atom is 0.222 e. The average Bonchev–Trinajstić information content (AvgIpc) is 3.08. The van der Waals surface area contributed by atoms with Gasteiger partial charge in [-0.2, -0.15) is 0 Å². The molecular weight excluding hydrogens is 216 g/mol. The van der Waals surface area contributed by atoms with Gasteiger partial charge in [0.15, 0.2) is 5.96 Å². The predicted octanol–water partition coefficient (Wildman–Crippen LogP) is 0.408. The van der Waals surface area contributed by atoms with Crippen LogP contribution in [0.4, 0.5) is 0 Å². The molecule has 0 aromatic rings. The van der Waals surface area contributed by atoms with Crippen LogP contribution in [0.2, 0.25) is 0 Å². The van der Waals surface area contributed by atoms with Crippen molar-refractivity contribution in [3.05, 3.63) is 0 Å². The molecule has 96 valence electrons. The Bertz CT molecular complexity index is 312. The number of hydrogen-bond donors (Lipinski definition) is 1. The van der Waals surface area contributed by atoms with Crippen molar-refractivity contribution < 1.29 is 4.79 Å². The van der Waals surface area contributed by atoms with E-state index in [0.29, 0.717) is 18.5 Å². The first-order chi connectivity index (χ1) is 8.18. The first-order valence-electron chi connectivity index (χ1n) is 6.49. The number of carbonyl (C=O) groups is 1. The van der Waals surface area contributed by atoms with Gasteiger partial charge in [-0.1, -0.05) is 0 Å². The van der Waals surface area contributed by atoms with Gasteiger partial charge >= 0.3 is 0 Å². The van der Waals surface area contributed by atoms with E-state index >= 15 is 0 Å². The van der Waals surface area contributed by atoms with Crippen LogP contribution < -0.4 is 5.73 Å². The first-order valence-corrected chi connectivity index (χ1v) is 6.49. The Labute approximate surface area is 103 Å². The molecule has 1 saturated heterocycles. The van der Waals surface area contributed by atoms with Crippen molar-refractivity contribution in [3.8, 4) is 0 Å². The molecule has 0 radical (unpaired) electrons. The highest BCUT2D eigenvalue weighted by molar-refractivity contribution is 5.78. The van der Waals surface area contributed by atoms with Gasteiger partial charge in [0.05, 0.1) is 0 Å². The van der Waals surface area contributed by atoms with Gasteiger partial charge in [-0.25, -0.2) is 0 Å². The summed E-state index contributed by atoms with van der Waals surface area (Å²) in [5, 5.41) is 0. The van der Waals surface area contributed by atoms with E-state index in [4.69, 9.17) is 5.73 Å². The van der Waals surface area contributed by atoms with Gasteiger partial charge in [0.25, 0.3) is 0 Å². The van der Waals surface area contributed by atoms with Crippen molar-refractivity contribution in [1.29, 1.82) is 0 Å². The second-order valence-corrected chi connectivity index (χ2v) is 4.92. The van der Waals surface area contributed by atoms with Crippen LogP contribution in [0.5, 0.6) is 0 Å². The molecule has 2 N–H and O–H groups in total. The number of rotatable bonds is 5. The van der Waals surface area contributed by atoms with Crippen LogP contribution in [0.3, 0.4) is 0 Å². The summed E-state index contributed by atoms with van der Waals surface area (Å²) >= 11 is 0. The smallest absolute Gasteiger partial charge is 0.222 e. The number of nitrogens with two attached hydrogens (primary N) is 1. The highest BCUT2D eigenvalue weighted by Gasteiger charge is 2.27. The van der Waals surface area contributed by atoms with Gasteiger partial charge in [0, 0.05) is 39.1 Å². The van der Waals surface area contributed by atoms with E-state index in [2.05, 4.69) is 9.89 Å². The van der Waals surface area contributed by atoms with Crippen LogP contribution in [0, 0.1) is 0 Å². The normalized spacial score (nSPS) is 21.1. The number of guanidine groups is 1. The quantitative estimate of drug-likeness (QED) is 0.428. The van der Waals surface area contributed by atoms with Crippen LogP contribution in [0.1, 0.15) is 32.1 Å². The van der Waals surface area contributed by atoms with Gasteiger partial charge in [0.1, 0.15) is 0 Å². The number of amides is 1. The minimum Gasteiger partial charge on any atom is -0.370 e. The standard InChI is InChI=1S/C12H22N4O/c1-15(10-5-6-10)12(13)14-7-3-9-16-8-2-4-11(16)17/h10H,2-9H2,1H3,(H2,13,14). The highest BCUT2D eigenvalue weighted by Crippen LogP contribution is 2.24. The van der Waals surface area contributed by atoms with Crippen molar-refractivity contribution in [2.45, 2.75) is 38.1 Å². The maximum absolute atomic E-state index is 11.4. The van der Waals surface area contributed by atoms with Crippen molar-refractivity contribution in [1.82, 2.24) is 9.80 Å². The summed E-state index contributed by atoms with van der Waals surface area (Å²) in [5.41, 5.74) is 5.88. The molecule has 0 aromatic heterocycles. The molecular formula is C12H22N4O. The van der Waals surface area contributed by atoms with E-state index in [1.54, 1.807) is 0 Å². The molecule has 1 amide bonds. The van der Waals surface area contributed by atoms with Crippen molar-refractivity contribution >= 4 is 11.9 Å². The molecule has 0 unspecified atom stereocenters. The average molecular weight is 238 g/mol. The fourth-order valence-electron chi connectivity index (χ4n) is 2.16. The molecule has 17 heavy (non-hydrogen) atoms. The van der Waals surface area contributed by atoms with Crippen LogP contribution in [0.25, 0.3) is 0 Å². The Morgan fingerprint density at radius 2 is 2.35 bits per heavy atom. The van der Waals surface area contributed by atoms with E-state index in [9.17, 15) is 4.79 Å².